The first-order chi connectivity index (χ1) is 6.07. The Morgan fingerprint density at radius 1 is 1.54 bits per heavy atom. The molecular formula is C9H12FNO2. The third kappa shape index (κ3) is 1.72. The van der Waals surface area contributed by atoms with Gasteiger partial charge >= 0.3 is 0 Å². The van der Waals surface area contributed by atoms with Crippen molar-refractivity contribution in [3.8, 4) is 11.5 Å². The Bertz CT molecular complexity index is 313. The Morgan fingerprint density at radius 3 is 2.62 bits per heavy atom. The van der Waals surface area contributed by atoms with Crippen molar-refractivity contribution in [3.05, 3.63) is 23.5 Å². The summed E-state index contributed by atoms with van der Waals surface area (Å²) in [4.78, 5) is 0. The van der Waals surface area contributed by atoms with Gasteiger partial charge in [0.15, 0.2) is 11.6 Å². The number of halogens is 1. The number of aromatic hydroxyl groups is 1. The van der Waals surface area contributed by atoms with Crippen LogP contribution in [-0.4, -0.2) is 12.2 Å². The molecule has 0 radical (unpaired) electrons. The molecule has 1 aromatic rings. The molecule has 0 aliphatic heterocycles. The van der Waals surface area contributed by atoms with Crippen LogP contribution >= 0.6 is 0 Å². The molecule has 0 heterocycles. The van der Waals surface area contributed by atoms with E-state index < -0.39 is 11.9 Å². The Hall–Kier alpha value is -1.29. The molecule has 0 saturated carbocycles. The lowest BCUT2D eigenvalue weighted by atomic mass is 10.1. The highest BCUT2D eigenvalue weighted by molar-refractivity contribution is 5.42. The maximum atomic E-state index is 13.4. The molecule has 0 saturated heterocycles. The van der Waals surface area contributed by atoms with Gasteiger partial charge in [-0.1, -0.05) is 0 Å². The van der Waals surface area contributed by atoms with Gasteiger partial charge in [0.25, 0.3) is 0 Å². The van der Waals surface area contributed by atoms with Crippen molar-refractivity contribution in [2.75, 3.05) is 7.11 Å². The van der Waals surface area contributed by atoms with Crippen LogP contribution in [0.25, 0.3) is 0 Å². The fourth-order valence-electron chi connectivity index (χ4n) is 1.15. The number of nitrogens with two attached hydrogens (primary N) is 1. The fourth-order valence-corrected chi connectivity index (χ4v) is 1.15. The van der Waals surface area contributed by atoms with Gasteiger partial charge in [-0.15, -0.1) is 0 Å². The van der Waals surface area contributed by atoms with Gasteiger partial charge in [-0.25, -0.2) is 4.39 Å². The van der Waals surface area contributed by atoms with Gasteiger partial charge in [0.2, 0.25) is 0 Å². The Morgan fingerprint density at radius 2 is 2.15 bits per heavy atom. The van der Waals surface area contributed by atoms with Crippen molar-refractivity contribution in [3.63, 3.8) is 0 Å². The van der Waals surface area contributed by atoms with Crippen LogP contribution in [-0.2, 0) is 0 Å². The molecule has 1 unspecified atom stereocenters. The summed E-state index contributed by atoms with van der Waals surface area (Å²) in [5.41, 5.74) is 5.57. The summed E-state index contributed by atoms with van der Waals surface area (Å²) in [5, 5.41) is 9.31. The van der Waals surface area contributed by atoms with Crippen LogP contribution in [0, 0.1) is 5.82 Å². The molecular weight excluding hydrogens is 173 g/mol. The highest BCUT2D eigenvalue weighted by atomic mass is 19.1. The summed E-state index contributed by atoms with van der Waals surface area (Å²) in [6.07, 6.45) is 0. The quantitative estimate of drug-likeness (QED) is 0.735. The van der Waals surface area contributed by atoms with E-state index in [0.717, 1.165) is 0 Å². The maximum absolute atomic E-state index is 13.4. The van der Waals surface area contributed by atoms with Crippen molar-refractivity contribution in [2.45, 2.75) is 13.0 Å². The van der Waals surface area contributed by atoms with Gasteiger partial charge in [0.05, 0.1) is 7.11 Å². The minimum Gasteiger partial charge on any atom is -0.507 e. The number of phenolic OH excluding ortho intramolecular Hbond substituents is 1. The van der Waals surface area contributed by atoms with Crippen LogP contribution in [0.1, 0.15) is 18.5 Å². The minimum atomic E-state index is -0.600. The Kier molecular flexibility index (Phi) is 2.72. The summed E-state index contributed by atoms with van der Waals surface area (Å²) in [7, 11) is 1.36. The highest BCUT2D eigenvalue weighted by Crippen LogP contribution is 2.31. The Labute approximate surface area is 75.9 Å². The predicted molar refractivity (Wildman–Crippen MR) is 47.2 cm³/mol. The first kappa shape index (κ1) is 9.80. The second-order valence-corrected chi connectivity index (χ2v) is 2.80. The van der Waals surface area contributed by atoms with Crippen molar-refractivity contribution >= 4 is 0 Å². The summed E-state index contributed by atoms with van der Waals surface area (Å²) in [6, 6.07) is 2.16. The zero-order valence-electron chi connectivity index (χ0n) is 7.54. The molecule has 0 fully saturated rings. The summed E-state index contributed by atoms with van der Waals surface area (Å²) in [6.45, 7) is 1.59. The lowest BCUT2D eigenvalue weighted by Gasteiger charge is -2.11. The monoisotopic (exact) mass is 185 g/mol. The minimum absolute atomic E-state index is 0.0827. The molecule has 0 bridgehead atoms. The Balaban J connectivity index is 3.30. The van der Waals surface area contributed by atoms with E-state index in [1.54, 1.807) is 6.92 Å². The smallest absolute Gasteiger partial charge is 0.173 e. The molecule has 3 nitrogen and oxygen atoms in total. The van der Waals surface area contributed by atoms with E-state index in [0.29, 0.717) is 0 Å². The van der Waals surface area contributed by atoms with E-state index in [1.807, 2.05) is 0 Å². The number of benzene rings is 1. The molecule has 0 aromatic heterocycles. The van der Waals surface area contributed by atoms with Crippen LogP contribution in [0.2, 0.25) is 0 Å². The standard InChI is InChI=1S/C9H12FNO2/c1-5(11)8-6(12)3-4-7(13-2)9(8)10/h3-5,12H,11H2,1-2H3. The molecule has 0 amide bonds. The number of rotatable bonds is 2. The molecule has 0 aliphatic rings. The number of methoxy groups -OCH3 is 1. The van der Waals surface area contributed by atoms with Crippen molar-refractivity contribution in [1.82, 2.24) is 0 Å². The van der Waals surface area contributed by atoms with Gasteiger partial charge in [-0.2, -0.15) is 0 Å². The normalized spacial score (nSPS) is 12.6. The van der Waals surface area contributed by atoms with E-state index in [4.69, 9.17) is 10.5 Å². The van der Waals surface area contributed by atoms with Gasteiger partial charge < -0.3 is 15.6 Å². The number of hydrogen-bond acceptors (Lipinski definition) is 3. The van der Waals surface area contributed by atoms with Crippen LogP contribution < -0.4 is 10.5 Å². The first-order valence-corrected chi connectivity index (χ1v) is 3.89. The van der Waals surface area contributed by atoms with Gasteiger partial charge in [-0.3, -0.25) is 0 Å². The lowest BCUT2D eigenvalue weighted by Crippen LogP contribution is -2.08. The van der Waals surface area contributed by atoms with E-state index in [9.17, 15) is 9.50 Å². The zero-order chi connectivity index (χ0) is 10.0. The van der Waals surface area contributed by atoms with Gasteiger partial charge in [-0.05, 0) is 19.1 Å². The first-order valence-electron chi connectivity index (χ1n) is 3.89. The van der Waals surface area contributed by atoms with Crippen LogP contribution in [0.15, 0.2) is 12.1 Å². The average molecular weight is 185 g/mol. The highest BCUT2D eigenvalue weighted by Gasteiger charge is 2.16. The molecule has 0 spiro atoms. The van der Waals surface area contributed by atoms with Crippen molar-refractivity contribution < 1.29 is 14.2 Å². The lowest BCUT2D eigenvalue weighted by molar-refractivity contribution is 0.376. The molecule has 1 atom stereocenters. The van der Waals surface area contributed by atoms with Gasteiger partial charge in [0, 0.05) is 11.6 Å². The summed E-state index contributed by atoms with van der Waals surface area (Å²) < 4.78 is 18.2. The van der Waals surface area contributed by atoms with E-state index in [-0.39, 0.29) is 17.1 Å². The third-order valence-corrected chi connectivity index (χ3v) is 1.80. The molecule has 1 rings (SSSR count). The molecule has 4 heteroatoms. The van der Waals surface area contributed by atoms with Crippen LogP contribution in [0.4, 0.5) is 4.39 Å². The molecule has 0 aliphatic carbocycles. The number of ether oxygens (including phenoxy) is 1. The van der Waals surface area contributed by atoms with Crippen LogP contribution in [0.5, 0.6) is 11.5 Å². The maximum Gasteiger partial charge on any atom is 0.173 e. The topological polar surface area (TPSA) is 55.5 Å². The molecule has 13 heavy (non-hydrogen) atoms. The molecule has 72 valence electrons. The van der Waals surface area contributed by atoms with Crippen molar-refractivity contribution in [1.29, 1.82) is 0 Å². The fraction of sp³-hybridized carbons (Fsp3) is 0.333. The summed E-state index contributed by atoms with van der Waals surface area (Å²) in [5.74, 6) is -0.657. The van der Waals surface area contributed by atoms with Gasteiger partial charge in [0.1, 0.15) is 5.75 Å². The third-order valence-electron chi connectivity index (χ3n) is 1.80. The second kappa shape index (κ2) is 3.62. The van der Waals surface area contributed by atoms with E-state index in [2.05, 4.69) is 0 Å². The molecule has 3 N–H and O–H groups in total. The second-order valence-electron chi connectivity index (χ2n) is 2.80. The molecule has 1 aromatic carbocycles. The van der Waals surface area contributed by atoms with E-state index in [1.165, 1.54) is 19.2 Å². The average Bonchev–Trinajstić information content (AvgIpc) is 2.04. The largest absolute Gasteiger partial charge is 0.507 e. The number of hydrogen-bond donors (Lipinski definition) is 2. The van der Waals surface area contributed by atoms with E-state index >= 15 is 0 Å². The zero-order valence-corrected chi connectivity index (χ0v) is 7.54. The van der Waals surface area contributed by atoms with Crippen LogP contribution in [0.3, 0.4) is 0 Å². The predicted octanol–water partition coefficient (Wildman–Crippen LogP) is 1.56. The van der Waals surface area contributed by atoms with Crippen molar-refractivity contribution in [2.24, 2.45) is 5.73 Å². The SMILES string of the molecule is COc1ccc(O)c(C(C)N)c1F. The summed E-state index contributed by atoms with van der Waals surface area (Å²) >= 11 is 0. The number of phenols is 1.